The maximum absolute atomic E-state index is 5.89. The largest absolute Gasteiger partial charge is 0.327 e. The van der Waals surface area contributed by atoms with E-state index in [0.717, 1.165) is 13.0 Å². The van der Waals surface area contributed by atoms with Crippen LogP contribution in [-0.2, 0) is 0 Å². The SMILES string of the molecule is CCCN(CCC)CC(N)CC. The third kappa shape index (κ3) is 5.56. The molecule has 0 bridgehead atoms. The van der Waals surface area contributed by atoms with E-state index < -0.39 is 0 Å². The van der Waals surface area contributed by atoms with Crippen molar-refractivity contribution in [2.24, 2.45) is 5.73 Å². The van der Waals surface area contributed by atoms with Crippen molar-refractivity contribution in [1.29, 1.82) is 0 Å². The second-order valence-electron chi connectivity index (χ2n) is 3.47. The third-order valence-electron chi connectivity index (χ3n) is 2.10. The number of nitrogens with two attached hydrogens (primary N) is 1. The highest BCUT2D eigenvalue weighted by Gasteiger charge is 2.06. The fourth-order valence-corrected chi connectivity index (χ4v) is 1.39. The molecule has 0 aliphatic carbocycles. The van der Waals surface area contributed by atoms with Crippen molar-refractivity contribution in [3.8, 4) is 0 Å². The van der Waals surface area contributed by atoms with Crippen molar-refractivity contribution in [3.63, 3.8) is 0 Å². The van der Waals surface area contributed by atoms with Gasteiger partial charge in [0.15, 0.2) is 0 Å². The summed E-state index contributed by atoms with van der Waals surface area (Å²) in [6, 6.07) is 0.364. The van der Waals surface area contributed by atoms with Crippen LogP contribution in [0, 0.1) is 0 Å². The lowest BCUT2D eigenvalue weighted by Crippen LogP contribution is -2.37. The van der Waals surface area contributed by atoms with Crippen LogP contribution < -0.4 is 5.73 Å². The Morgan fingerprint density at radius 2 is 1.58 bits per heavy atom. The number of hydrogen-bond donors (Lipinski definition) is 1. The van der Waals surface area contributed by atoms with Gasteiger partial charge < -0.3 is 10.6 Å². The molecule has 74 valence electrons. The molecule has 0 heterocycles. The first-order valence-electron chi connectivity index (χ1n) is 5.22. The first kappa shape index (κ1) is 11.9. The van der Waals surface area contributed by atoms with Crippen LogP contribution >= 0.6 is 0 Å². The Hall–Kier alpha value is -0.0800. The van der Waals surface area contributed by atoms with Crippen molar-refractivity contribution < 1.29 is 0 Å². The minimum atomic E-state index is 0.364. The summed E-state index contributed by atoms with van der Waals surface area (Å²) in [5.41, 5.74) is 5.89. The maximum atomic E-state index is 5.89. The van der Waals surface area contributed by atoms with Gasteiger partial charge in [-0.1, -0.05) is 20.8 Å². The molecule has 0 saturated carbocycles. The Labute approximate surface area is 77.1 Å². The topological polar surface area (TPSA) is 29.3 Å². The van der Waals surface area contributed by atoms with Crippen LogP contribution in [0.1, 0.15) is 40.0 Å². The molecule has 0 radical (unpaired) electrons. The van der Waals surface area contributed by atoms with Gasteiger partial charge in [-0.3, -0.25) is 0 Å². The summed E-state index contributed by atoms with van der Waals surface area (Å²) in [7, 11) is 0. The molecule has 0 aromatic carbocycles. The quantitative estimate of drug-likeness (QED) is 0.635. The molecule has 0 aromatic rings. The maximum Gasteiger partial charge on any atom is 0.0165 e. The minimum absolute atomic E-state index is 0.364. The highest BCUT2D eigenvalue weighted by Crippen LogP contribution is 1.97. The summed E-state index contributed by atoms with van der Waals surface area (Å²) >= 11 is 0. The normalized spacial score (nSPS) is 13.8. The Bertz CT molecular complexity index is 87.8. The van der Waals surface area contributed by atoms with E-state index in [2.05, 4.69) is 25.7 Å². The Kier molecular flexibility index (Phi) is 7.51. The van der Waals surface area contributed by atoms with E-state index in [1.54, 1.807) is 0 Å². The van der Waals surface area contributed by atoms with Crippen LogP contribution in [-0.4, -0.2) is 30.6 Å². The number of nitrogens with zero attached hydrogens (tertiary/aromatic N) is 1. The highest BCUT2D eigenvalue weighted by molar-refractivity contribution is 4.65. The Balaban J connectivity index is 3.61. The van der Waals surface area contributed by atoms with Crippen molar-refractivity contribution in [2.45, 2.75) is 46.1 Å². The highest BCUT2D eigenvalue weighted by atomic mass is 15.1. The molecule has 2 heteroatoms. The van der Waals surface area contributed by atoms with Gasteiger partial charge in [-0.05, 0) is 32.4 Å². The van der Waals surface area contributed by atoms with Crippen LogP contribution in [0.25, 0.3) is 0 Å². The molecule has 12 heavy (non-hydrogen) atoms. The third-order valence-corrected chi connectivity index (χ3v) is 2.10. The summed E-state index contributed by atoms with van der Waals surface area (Å²) in [5, 5.41) is 0. The molecule has 0 rings (SSSR count). The molecule has 2 nitrogen and oxygen atoms in total. The molecule has 1 unspecified atom stereocenters. The van der Waals surface area contributed by atoms with Crippen molar-refractivity contribution in [3.05, 3.63) is 0 Å². The standard InChI is InChI=1S/C10H24N2/c1-4-7-12(8-5-2)9-10(11)6-3/h10H,4-9,11H2,1-3H3. The lowest BCUT2D eigenvalue weighted by atomic mass is 10.2. The molecule has 0 aromatic heterocycles. The first-order valence-corrected chi connectivity index (χ1v) is 5.22. The van der Waals surface area contributed by atoms with Gasteiger partial charge in [-0.25, -0.2) is 0 Å². The van der Waals surface area contributed by atoms with Crippen LogP contribution in [0.5, 0.6) is 0 Å². The van der Waals surface area contributed by atoms with Gasteiger partial charge in [0.25, 0.3) is 0 Å². The zero-order valence-corrected chi connectivity index (χ0v) is 8.84. The van der Waals surface area contributed by atoms with Gasteiger partial charge >= 0.3 is 0 Å². The van der Waals surface area contributed by atoms with Gasteiger partial charge in [-0.2, -0.15) is 0 Å². The summed E-state index contributed by atoms with van der Waals surface area (Å²) < 4.78 is 0. The van der Waals surface area contributed by atoms with Crippen LogP contribution in [0.2, 0.25) is 0 Å². The molecular formula is C10H24N2. The predicted molar refractivity (Wildman–Crippen MR) is 55.3 cm³/mol. The van der Waals surface area contributed by atoms with E-state index in [9.17, 15) is 0 Å². The Morgan fingerprint density at radius 3 is 1.92 bits per heavy atom. The number of hydrogen-bond acceptors (Lipinski definition) is 2. The zero-order chi connectivity index (χ0) is 9.40. The fraction of sp³-hybridized carbons (Fsp3) is 1.00. The van der Waals surface area contributed by atoms with Crippen molar-refractivity contribution >= 4 is 0 Å². The lowest BCUT2D eigenvalue weighted by molar-refractivity contribution is 0.255. The van der Waals surface area contributed by atoms with Gasteiger partial charge in [0, 0.05) is 12.6 Å². The van der Waals surface area contributed by atoms with Gasteiger partial charge in [-0.15, -0.1) is 0 Å². The number of rotatable bonds is 7. The second kappa shape index (κ2) is 7.56. The van der Waals surface area contributed by atoms with E-state index in [0.29, 0.717) is 6.04 Å². The van der Waals surface area contributed by atoms with E-state index in [1.807, 2.05) is 0 Å². The van der Waals surface area contributed by atoms with E-state index >= 15 is 0 Å². The molecule has 0 aliphatic rings. The molecule has 0 saturated heterocycles. The van der Waals surface area contributed by atoms with Gasteiger partial charge in [0.2, 0.25) is 0 Å². The summed E-state index contributed by atoms with van der Waals surface area (Å²) in [6.45, 7) is 10.1. The molecule has 2 N–H and O–H groups in total. The van der Waals surface area contributed by atoms with Crippen molar-refractivity contribution in [2.75, 3.05) is 19.6 Å². The molecule has 0 amide bonds. The molecule has 0 spiro atoms. The minimum Gasteiger partial charge on any atom is -0.327 e. The summed E-state index contributed by atoms with van der Waals surface area (Å²) in [6.07, 6.45) is 3.55. The van der Waals surface area contributed by atoms with Gasteiger partial charge in [0.1, 0.15) is 0 Å². The average molecular weight is 172 g/mol. The molecule has 0 aliphatic heterocycles. The average Bonchev–Trinajstić information content (AvgIpc) is 2.05. The summed E-state index contributed by atoms with van der Waals surface area (Å²) in [4.78, 5) is 2.47. The smallest absolute Gasteiger partial charge is 0.0165 e. The molecule has 1 atom stereocenters. The monoisotopic (exact) mass is 172 g/mol. The van der Waals surface area contributed by atoms with E-state index in [4.69, 9.17) is 5.73 Å². The molecular weight excluding hydrogens is 148 g/mol. The second-order valence-corrected chi connectivity index (χ2v) is 3.47. The Morgan fingerprint density at radius 1 is 1.08 bits per heavy atom. The predicted octanol–water partition coefficient (Wildman–Crippen LogP) is 1.85. The van der Waals surface area contributed by atoms with E-state index in [1.165, 1.54) is 25.9 Å². The van der Waals surface area contributed by atoms with E-state index in [-0.39, 0.29) is 0 Å². The fourth-order valence-electron chi connectivity index (χ4n) is 1.39. The zero-order valence-electron chi connectivity index (χ0n) is 8.84. The summed E-state index contributed by atoms with van der Waals surface area (Å²) in [5.74, 6) is 0. The van der Waals surface area contributed by atoms with Crippen LogP contribution in [0.3, 0.4) is 0 Å². The van der Waals surface area contributed by atoms with Crippen LogP contribution in [0.15, 0.2) is 0 Å². The van der Waals surface area contributed by atoms with Crippen LogP contribution in [0.4, 0.5) is 0 Å². The lowest BCUT2D eigenvalue weighted by Gasteiger charge is -2.23. The first-order chi connectivity index (χ1) is 5.74. The van der Waals surface area contributed by atoms with Crippen molar-refractivity contribution in [1.82, 2.24) is 4.90 Å². The molecule has 0 fully saturated rings. The van der Waals surface area contributed by atoms with Gasteiger partial charge in [0.05, 0.1) is 0 Å².